The van der Waals surface area contributed by atoms with E-state index in [1.807, 2.05) is 0 Å². The maximum absolute atomic E-state index is 7.62. The molecule has 0 aromatic carbocycles. The Morgan fingerprint density at radius 2 is 1.71 bits per heavy atom. The van der Waals surface area contributed by atoms with Crippen LogP contribution in [-0.4, -0.2) is 37.1 Å². The van der Waals surface area contributed by atoms with E-state index in [-0.39, 0.29) is 13.2 Å². The molecule has 1 atom stereocenters. The summed E-state index contributed by atoms with van der Waals surface area (Å²) in [6.07, 6.45) is 5.25. The van der Waals surface area contributed by atoms with Crippen LogP contribution in [0.2, 0.25) is 0 Å². The quantitative estimate of drug-likeness (QED) is 0.668. The van der Waals surface area contributed by atoms with Crippen molar-refractivity contribution in [2.45, 2.75) is 39.5 Å². The number of ether oxygens (including phenoxy) is 1. The lowest BCUT2D eigenvalue weighted by atomic mass is 10.0. The molecule has 0 fully saturated rings. The van der Waals surface area contributed by atoms with Crippen LogP contribution in [0, 0.1) is 5.92 Å². The van der Waals surface area contributed by atoms with Crippen molar-refractivity contribution in [2.75, 3.05) is 26.9 Å². The highest BCUT2D eigenvalue weighted by Gasteiger charge is 2.03. The van der Waals surface area contributed by atoms with Gasteiger partial charge in [-0.25, -0.2) is 0 Å². The van der Waals surface area contributed by atoms with Gasteiger partial charge in [-0.3, -0.25) is 0 Å². The van der Waals surface area contributed by atoms with E-state index in [9.17, 15) is 0 Å². The SMILES string of the molecule is CCCCC(CC)COC.OCCO. The zero-order valence-electron chi connectivity index (χ0n) is 9.83. The summed E-state index contributed by atoms with van der Waals surface area (Å²) >= 11 is 0. The first kappa shape index (κ1) is 16.3. The summed E-state index contributed by atoms with van der Waals surface area (Å²) in [6.45, 7) is 5.16. The molecule has 0 heterocycles. The average Bonchev–Trinajstić information content (AvgIpc) is 2.24. The van der Waals surface area contributed by atoms with Crippen LogP contribution in [0.15, 0.2) is 0 Å². The first-order valence-electron chi connectivity index (χ1n) is 5.47. The Hall–Kier alpha value is -0.120. The molecule has 0 radical (unpaired) electrons. The molecule has 14 heavy (non-hydrogen) atoms. The first-order chi connectivity index (χ1) is 6.76. The lowest BCUT2D eigenvalue weighted by molar-refractivity contribution is 0.144. The molecule has 0 aliphatic rings. The molecular weight excluding hydrogens is 180 g/mol. The third-order valence-electron chi connectivity index (χ3n) is 2.05. The Bertz CT molecular complexity index is 84.6. The molecule has 0 spiro atoms. The van der Waals surface area contributed by atoms with Gasteiger partial charge in [0.1, 0.15) is 0 Å². The van der Waals surface area contributed by atoms with Crippen molar-refractivity contribution < 1.29 is 14.9 Å². The van der Waals surface area contributed by atoms with Gasteiger partial charge in [0.15, 0.2) is 0 Å². The molecule has 0 rings (SSSR count). The summed E-state index contributed by atoms with van der Waals surface area (Å²) in [6, 6.07) is 0. The summed E-state index contributed by atoms with van der Waals surface area (Å²) in [4.78, 5) is 0. The Balaban J connectivity index is 0. The number of hydrogen-bond acceptors (Lipinski definition) is 3. The Morgan fingerprint density at radius 3 is 2.00 bits per heavy atom. The Labute approximate surface area is 88.1 Å². The molecule has 0 aliphatic heterocycles. The number of rotatable bonds is 7. The second-order valence-electron chi connectivity index (χ2n) is 3.32. The molecule has 0 aromatic rings. The predicted molar refractivity (Wildman–Crippen MR) is 59.4 cm³/mol. The molecule has 88 valence electrons. The summed E-state index contributed by atoms with van der Waals surface area (Å²) in [5.74, 6) is 0.796. The number of hydrogen-bond donors (Lipinski definition) is 2. The van der Waals surface area contributed by atoms with Gasteiger partial charge in [0.05, 0.1) is 13.2 Å². The molecule has 3 heteroatoms. The normalized spacial score (nSPS) is 11.8. The van der Waals surface area contributed by atoms with E-state index in [1.54, 1.807) is 7.11 Å². The van der Waals surface area contributed by atoms with E-state index >= 15 is 0 Å². The molecule has 0 aromatic heterocycles. The van der Waals surface area contributed by atoms with Crippen molar-refractivity contribution in [3.63, 3.8) is 0 Å². The minimum atomic E-state index is -0.125. The molecule has 0 saturated heterocycles. The molecule has 0 amide bonds. The smallest absolute Gasteiger partial charge is 0.0662 e. The van der Waals surface area contributed by atoms with Gasteiger partial charge in [0.25, 0.3) is 0 Å². The second kappa shape index (κ2) is 15.4. The summed E-state index contributed by atoms with van der Waals surface area (Å²) in [5.41, 5.74) is 0. The van der Waals surface area contributed by atoms with E-state index in [2.05, 4.69) is 13.8 Å². The van der Waals surface area contributed by atoms with Crippen molar-refractivity contribution in [2.24, 2.45) is 5.92 Å². The van der Waals surface area contributed by atoms with Crippen LogP contribution < -0.4 is 0 Å². The van der Waals surface area contributed by atoms with Crippen LogP contribution in [0.4, 0.5) is 0 Å². The third kappa shape index (κ3) is 14.4. The van der Waals surface area contributed by atoms with Crippen molar-refractivity contribution in [3.05, 3.63) is 0 Å². The van der Waals surface area contributed by atoms with E-state index in [0.717, 1.165) is 12.5 Å². The number of unbranched alkanes of at least 4 members (excludes halogenated alkanes) is 1. The van der Waals surface area contributed by atoms with Gasteiger partial charge in [-0.15, -0.1) is 0 Å². The largest absolute Gasteiger partial charge is 0.394 e. The van der Waals surface area contributed by atoms with Crippen LogP contribution in [0.25, 0.3) is 0 Å². The van der Waals surface area contributed by atoms with Gasteiger partial charge in [0.2, 0.25) is 0 Å². The lowest BCUT2D eigenvalue weighted by Crippen LogP contribution is -2.06. The zero-order chi connectivity index (χ0) is 11.2. The fourth-order valence-electron chi connectivity index (χ4n) is 1.13. The monoisotopic (exact) mass is 206 g/mol. The van der Waals surface area contributed by atoms with Crippen molar-refractivity contribution in [1.82, 2.24) is 0 Å². The van der Waals surface area contributed by atoms with Crippen LogP contribution in [0.3, 0.4) is 0 Å². The van der Waals surface area contributed by atoms with Gasteiger partial charge in [-0.2, -0.15) is 0 Å². The zero-order valence-corrected chi connectivity index (χ0v) is 9.83. The molecule has 0 bridgehead atoms. The summed E-state index contributed by atoms with van der Waals surface area (Å²) < 4.78 is 5.09. The fourth-order valence-corrected chi connectivity index (χ4v) is 1.13. The standard InChI is InChI=1S/C9H20O.C2H6O2/c1-4-6-7-9(5-2)8-10-3;3-1-2-4/h9H,4-8H2,1-3H3;3-4H,1-2H2. The number of methoxy groups -OCH3 is 1. The molecular formula is C11H26O3. The fraction of sp³-hybridized carbons (Fsp3) is 1.00. The topological polar surface area (TPSA) is 49.7 Å². The van der Waals surface area contributed by atoms with Crippen molar-refractivity contribution >= 4 is 0 Å². The van der Waals surface area contributed by atoms with E-state index in [4.69, 9.17) is 14.9 Å². The van der Waals surface area contributed by atoms with Crippen molar-refractivity contribution in [1.29, 1.82) is 0 Å². The maximum atomic E-state index is 7.62. The first-order valence-corrected chi connectivity index (χ1v) is 5.47. The number of aliphatic hydroxyl groups excluding tert-OH is 2. The minimum absolute atomic E-state index is 0.125. The van der Waals surface area contributed by atoms with Crippen LogP contribution in [0.5, 0.6) is 0 Å². The van der Waals surface area contributed by atoms with E-state index < -0.39 is 0 Å². The number of aliphatic hydroxyl groups is 2. The van der Waals surface area contributed by atoms with Crippen LogP contribution >= 0.6 is 0 Å². The minimum Gasteiger partial charge on any atom is -0.394 e. The molecule has 1 unspecified atom stereocenters. The summed E-state index contributed by atoms with van der Waals surface area (Å²) in [7, 11) is 1.79. The van der Waals surface area contributed by atoms with Crippen LogP contribution in [-0.2, 0) is 4.74 Å². The Morgan fingerprint density at radius 1 is 1.14 bits per heavy atom. The van der Waals surface area contributed by atoms with Gasteiger partial charge in [-0.05, 0) is 12.3 Å². The molecule has 2 N–H and O–H groups in total. The third-order valence-corrected chi connectivity index (χ3v) is 2.05. The second-order valence-corrected chi connectivity index (χ2v) is 3.32. The maximum Gasteiger partial charge on any atom is 0.0662 e. The highest BCUT2D eigenvalue weighted by Crippen LogP contribution is 2.11. The van der Waals surface area contributed by atoms with E-state index in [1.165, 1.54) is 25.7 Å². The van der Waals surface area contributed by atoms with Gasteiger partial charge in [-0.1, -0.05) is 33.1 Å². The molecule has 3 nitrogen and oxygen atoms in total. The van der Waals surface area contributed by atoms with Gasteiger partial charge >= 0.3 is 0 Å². The van der Waals surface area contributed by atoms with Gasteiger partial charge in [0, 0.05) is 13.7 Å². The average molecular weight is 206 g/mol. The van der Waals surface area contributed by atoms with Crippen molar-refractivity contribution in [3.8, 4) is 0 Å². The summed E-state index contributed by atoms with van der Waals surface area (Å²) in [5, 5.41) is 15.2. The lowest BCUT2D eigenvalue weighted by Gasteiger charge is -2.11. The highest BCUT2D eigenvalue weighted by molar-refractivity contribution is 4.54. The van der Waals surface area contributed by atoms with E-state index in [0.29, 0.717) is 0 Å². The molecule has 0 aliphatic carbocycles. The highest BCUT2D eigenvalue weighted by atomic mass is 16.5. The predicted octanol–water partition coefficient (Wildman–Crippen LogP) is 1.82. The van der Waals surface area contributed by atoms with Gasteiger partial charge < -0.3 is 14.9 Å². The Kier molecular flexibility index (Phi) is 17.9. The molecule has 0 saturated carbocycles. The van der Waals surface area contributed by atoms with Crippen LogP contribution in [0.1, 0.15) is 39.5 Å².